The molecule has 16 heavy (non-hydrogen) atoms. The Morgan fingerprint density at radius 3 is 2.62 bits per heavy atom. The Hall–Kier alpha value is -1.55. The number of nitrogens with one attached hydrogen (secondary N) is 1. The van der Waals surface area contributed by atoms with Crippen molar-refractivity contribution in [3.05, 3.63) is 29.8 Å². The molecule has 1 heterocycles. The van der Waals surface area contributed by atoms with Crippen molar-refractivity contribution in [2.75, 3.05) is 24.5 Å². The summed E-state index contributed by atoms with van der Waals surface area (Å²) >= 11 is 0. The number of hydrogen-bond donors (Lipinski definition) is 2. The molecule has 2 rings (SSSR count). The van der Waals surface area contributed by atoms with Gasteiger partial charge in [0.05, 0.1) is 6.54 Å². The molecular weight excluding hydrogens is 202 g/mol. The second-order valence-electron chi connectivity index (χ2n) is 4.15. The third kappa shape index (κ3) is 2.33. The highest BCUT2D eigenvalue weighted by Gasteiger charge is 2.16. The van der Waals surface area contributed by atoms with Gasteiger partial charge in [0, 0.05) is 24.8 Å². The first-order valence-corrected chi connectivity index (χ1v) is 5.54. The lowest BCUT2D eigenvalue weighted by Gasteiger charge is -2.28. The molecule has 1 aliphatic rings. The summed E-state index contributed by atoms with van der Waals surface area (Å²) in [6.07, 6.45) is 0. The average Bonchev–Trinajstić information content (AvgIpc) is 2.29. The summed E-state index contributed by atoms with van der Waals surface area (Å²) in [5, 5.41) is 2.81. The average molecular weight is 219 g/mol. The van der Waals surface area contributed by atoms with Gasteiger partial charge >= 0.3 is 0 Å². The van der Waals surface area contributed by atoms with E-state index in [0.717, 1.165) is 17.8 Å². The molecule has 4 nitrogen and oxygen atoms in total. The zero-order valence-corrected chi connectivity index (χ0v) is 9.44. The van der Waals surface area contributed by atoms with Gasteiger partial charge in [0.15, 0.2) is 0 Å². The Labute approximate surface area is 95.4 Å². The molecular formula is C12H17N3O. The summed E-state index contributed by atoms with van der Waals surface area (Å²) < 4.78 is 0. The van der Waals surface area contributed by atoms with E-state index in [1.807, 2.05) is 31.2 Å². The van der Waals surface area contributed by atoms with Crippen LogP contribution in [-0.2, 0) is 4.79 Å². The van der Waals surface area contributed by atoms with E-state index in [-0.39, 0.29) is 11.9 Å². The second kappa shape index (κ2) is 4.53. The van der Waals surface area contributed by atoms with Gasteiger partial charge in [-0.25, -0.2) is 0 Å². The van der Waals surface area contributed by atoms with Gasteiger partial charge in [-0.15, -0.1) is 0 Å². The summed E-state index contributed by atoms with van der Waals surface area (Å²) in [5.41, 5.74) is 7.99. The van der Waals surface area contributed by atoms with Crippen LogP contribution < -0.4 is 16.0 Å². The summed E-state index contributed by atoms with van der Waals surface area (Å²) in [4.78, 5) is 13.3. The highest BCUT2D eigenvalue weighted by Crippen LogP contribution is 2.18. The zero-order chi connectivity index (χ0) is 11.5. The summed E-state index contributed by atoms with van der Waals surface area (Å²) in [7, 11) is 0. The number of benzene rings is 1. The monoisotopic (exact) mass is 219 g/mol. The number of amides is 1. The maximum absolute atomic E-state index is 11.2. The number of rotatable bonds is 2. The van der Waals surface area contributed by atoms with E-state index in [1.54, 1.807) is 0 Å². The van der Waals surface area contributed by atoms with Gasteiger partial charge in [-0.05, 0) is 24.6 Å². The van der Waals surface area contributed by atoms with Crippen LogP contribution >= 0.6 is 0 Å². The van der Waals surface area contributed by atoms with Gasteiger partial charge in [0.1, 0.15) is 0 Å². The molecule has 0 saturated carbocycles. The Balaban J connectivity index is 2.11. The molecule has 0 spiro atoms. The lowest BCUT2D eigenvalue weighted by Crippen LogP contribution is -2.47. The van der Waals surface area contributed by atoms with Gasteiger partial charge in [-0.1, -0.05) is 12.1 Å². The molecule has 0 aliphatic carbocycles. The van der Waals surface area contributed by atoms with Crippen LogP contribution in [0, 0.1) is 0 Å². The molecule has 1 fully saturated rings. The van der Waals surface area contributed by atoms with Crippen molar-refractivity contribution >= 4 is 11.6 Å². The number of carbonyl (C=O) groups is 1. The van der Waals surface area contributed by atoms with Crippen molar-refractivity contribution in [2.24, 2.45) is 5.73 Å². The van der Waals surface area contributed by atoms with Crippen molar-refractivity contribution in [3.8, 4) is 0 Å². The van der Waals surface area contributed by atoms with Crippen LogP contribution in [0.5, 0.6) is 0 Å². The van der Waals surface area contributed by atoms with E-state index in [2.05, 4.69) is 10.2 Å². The highest BCUT2D eigenvalue weighted by atomic mass is 16.2. The normalized spacial score (nSPS) is 18.1. The molecule has 4 heteroatoms. The van der Waals surface area contributed by atoms with Crippen LogP contribution in [-0.4, -0.2) is 25.5 Å². The first-order chi connectivity index (χ1) is 7.66. The van der Waals surface area contributed by atoms with Crippen LogP contribution in [0.1, 0.15) is 18.5 Å². The van der Waals surface area contributed by atoms with Gasteiger partial charge in [-0.2, -0.15) is 0 Å². The van der Waals surface area contributed by atoms with E-state index in [0.29, 0.717) is 13.1 Å². The molecule has 86 valence electrons. The highest BCUT2D eigenvalue weighted by molar-refractivity contribution is 5.82. The third-order valence-corrected chi connectivity index (χ3v) is 2.82. The van der Waals surface area contributed by atoms with Crippen LogP contribution in [0.25, 0.3) is 0 Å². The fourth-order valence-corrected chi connectivity index (χ4v) is 1.85. The fraction of sp³-hybridized carbons (Fsp3) is 0.417. The molecule has 1 aliphatic heterocycles. The predicted molar refractivity (Wildman–Crippen MR) is 64.3 cm³/mol. The smallest absolute Gasteiger partial charge is 0.239 e. The quantitative estimate of drug-likeness (QED) is 0.767. The Kier molecular flexibility index (Phi) is 3.10. The Bertz CT molecular complexity index is 372. The molecule has 0 bridgehead atoms. The first kappa shape index (κ1) is 11.0. The minimum absolute atomic E-state index is 0.0544. The van der Waals surface area contributed by atoms with Crippen LogP contribution in [0.2, 0.25) is 0 Å². The Morgan fingerprint density at radius 2 is 2.06 bits per heavy atom. The summed E-state index contributed by atoms with van der Waals surface area (Å²) in [6.45, 7) is 3.98. The first-order valence-electron chi connectivity index (χ1n) is 5.54. The third-order valence-electron chi connectivity index (χ3n) is 2.82. The van der Waals surface area contributed by atoms with Gasteiger partial charge in [0.2, 0.25) is 5.91 Å². The van der Waals surface area contributed by atoms with E-state index < -0.39 is 0 Å². The molecule has 1 aromatic rings. The van der Waals surface area contributed by atoms with E-state index >= 15 is 0 Å². The SMILES string of the molecule is C[C@H](N)c1ccc(N2CCNC(=O)C2)cc1. The summed E-state index contributed by atoms with van der Waals surface area (Å²) in [5.74, 6) is 0.0857. The standard InChI is InChI=1S/C12H17N3O/c1-9(13)10-2-4-11(5-3-10)15-7-6-14-12(16)8-15/h2-5,9H,6-8,13H2,1H3,(H,14,16)/t9-/m0/s1. The van der Waals surface area contributed by atoms with Crippen molar-refractivity contribution < 1.29 is 4.79 Å². The number of nitrogens with two attached hydrogens (primary N) is 1. The van der Waals surface area contributed by atoms with Crippen molar-refractivity contribution in [3.63, 3.8) is 0 Å². The second-order valence-corrected chi connectivity index (χ2v) is 4.15. The molecule has 3 N–H and O–H groups in total. The van der Waals surface area contributed by atoms with E-state index in [9.17, 15) is 4.79 Å². The zero-order valence-electron chi connectivity index (χ0n) is 9.44. The number of hydrogen-bond acceptors (Lipinski definition) is 3. The molecule has 1 saturated heterocycles. The lowest BCUT2D eigenvalue weighted by molar-refractivity contribution is -0.120. The topological polar surface area (TPSA) is 58.4 Å². The minimum atomic E-state index is 0.0544. The molecule has 0 radical (unpaired) electrons. The van der Waals surface area contributed by atoms with Crippen LogP contribution in [0.4, 0.5) is 5.69 Å². The largest absolute Gasteiger partial charge is 0.360 e. The number of piperazine rings is 1. The number of nitrogens with zero attached hydrogens (tertiary/aromatic N) is 1. The van der Waals surface area contributed by atoms with E-state index in [4.69, 9.17) is 5.73 Å². The lowest BCUT2D eigenvalue weighted by atomic mass is 10.1. The number of anilines is 1. The van der Waals surface area contributed by atoms with Crippen LogP contribution in [0.15, 0.2) is 24.3 Å². The molecule has 0 aromatic heterocycles. The van der Waals surface area contributed by atoms with Crippen molar-refractivity contribution in [1.29, 1.82) is 0 Å². The maximum Gasteiger partial charge on any atom is 0.239 e. The van der Waals surface area contributed by atoms with Gasteiger partial charge < -0.3 is 16.0 Å². The van der Waals surface area contributed by atoms with Gasteiger partial charge in [-0.3, -0.25) is 4.79 Å². The fourth-order valence-electron chi connectivity index (χ4n) is 1.85. The molecule has 1 amide bonds. The molecule has 1 aromatic carbocycles. The molecule has 1 atom stereocenters. The van der Waals surface area contributed by atoms with Crippen molar-refractivity contribution in [2.45, 2.75) is 13.0 Å². The van der Waals surface area contributed by atoms with E-state index in [1.165, 1.54) is 0 Å². The summed E-state index contributed by atoms with van der Waals surface area (Å²) in [6, 6.07) is 8.15. The van der Waals surface area contributed by atoms with Crippen LogP contribution in [0.3, 0.4) is 0 Å². The maximum atomic E-state index is 11.2. The van der Waals surface area contributed by atoms with Crippen molar-refractivity contribution in [1.82, 2.24) is 5.32 Å². The molecule has 0 unspecified atom stereocenters. The predicted octanol–water partition coefficient (Wildman–Crippen LogP) is 0.643. The number of carbonyl (C=O) groups excluding carboxylic acids is 1. The minimum Gasteiger partial charge on any atom is -0.360 e. The Morgan fingerprint density at radius 1 is 1.38 bits per heavy atom. The van der Waals surface area contributed by atoms with Gasteiger partial charge in [0.25, 0.3) is 0 Å².